The van der Waals surface area contributed by atoms with Crippen molar-refractivity contribution in [3.8, 4) is 0 Å². The van der Waals surface area contributed by atoms with Gasteiger partial charge in [-0.15, -0.1) is 0 Å². The van der Waals surface area contributed by atoms with E-state index >= 15 is 0 Å². The summed E-state index contributed by atoms with van der Waals surface area (Å²) in [6, 6.07) is -0.733. The number of hydrogen-bond donors (Lipinski definition) is 1. The lowest BCUT2D eigenvalue weighted by Crippen LogP contribution is -2.44. The van der Waals surface area contributed by atoms with E-state index in [0.717, 1.165) is 6.92 Å². The van der Waals surface area contributed by atoms with E-state index in [1.807, 2.05) is 0 Å². The summed E-state index contributed by atoms with van der Waals surface area (Å²) in [4.78, 5) is 23.1. The predicted molar refractivity (Wildman–Crippen MR) is 92.2 cm³/mol. The van der Waals surface area contributed by atoms with E-state index in [4.69, 9.17) is 0 Å². The summed E-state index contributed by atoms with van der Waals surface area (Å²) in [5, 5.41) is 2.57. The van der Waals surface area contributed by atoms with Crippen molar-refractivity contribution < 1.29 is 39.9 Å². The van der Waals surface area contributed by atoms with Crippen LogP contribution in [0.25, 0.3) is 5.57 Å². The van der Waals surface area contributed by atoms with E-state index in [-0.39, 0.29) is 18.2 Å². The Labute approximate surface area is 171 Å². The molecule has 0 unspecified atom stereocenters. The van der Waals surface area contributed by atoms with Crippen molar-refractivity contribution in [1.29, 1.82) is 0 Å². The highest BCUT2D eigenvalue weighted by molar-refractivity contribution is 6.05. The molecule has 1 aromatic rings. The minimum Gasteiger partial charge on any atom is -0.351 e. The molecule has 0 radical (unpaired) electrons. The summed E-state index contributed by atoms with van der Waals surface area (Å²) in [7, 11) is 0. The third kappa shape index (κ3) is 5.29. The van der Waals surface area contributed by atoms with Crippen LogP contribution in [-0.4, -0.2) is 44.8 Å². The SMILES string of the molecule is C[C@@H](CCc1nc(NC2CC(F)(F)C2)nc(C2=C(F)C(=O)C(F)(F)CC2)n1)C(F)(F)F. The number of nitrogens with one attached hydrogen (secondary N) is 1. The predicted octanol–water partition coefficient (Wildman–Crippen LogP) is 4.89. The second-order valence-corrected chi connectivity index (χ2v) is 7.81. The fraction of sp³-hybridized carbons (Fsp3) is 0.667. The number of allylic oxidation sites excluding steroid dienone is 2. The zero-order chi connectivity index (χ0) is 23.2. The maximum absolute atomic E-state index is 14.3. The third-order valence-electron chi connectivity index (χ3n) is 5.22. The first-order valence-electron chi connectivity index (χ1n) is 9.45. The Balaban J connectivity index is 1.90. The van der Waals surface area contributed by atoms with Crippen molar-refractivity contribution in [2.45, 2.75) is 69.5 Å². The van der Waals surface area contributed by atoms with Crippen LogP contribution in [0.3, 0.4) is 0 Å². The second kappa shape index (κ2) is 7.97. The molecular weight excluding hydrogens is 440 g/mol. The van der Waals surface area contributed by atoms with E-state index < -0.39 is 85.1 Å². The zero-order valence-corrected chi connectivity index (χ0v) is 16.2. The Kier molecular flexibility index (Phi) is 6.00. The summed E-state index contributed by atoms with van der Waals surface area (Å²) >= 11 is 0. The van der Waals surface area contributed by atoms with Gasteiger partial charge in [0.05, 0.1) is 5.92 Å². The molecule has 0 saturated heterocycles. The van der Waals surface area contributed by atoms with Crippen molar-refractivity contribution in [1.82, 2.24) is 15.0 Å². The number of carbonyl (C=O) groups is 1. The number of nitrogens with zero attached hydrogens (tertiary/aromatic N) is 3. The molecule has 1 saturated carbocycles. The standard InChI is InChI=1S/C18H18F8N4O/c1-8(18(24,25)26)2-3-11-28-14(10-4-5-17(22,23)13(31)12(10)19)30-15(29-11)27-9-6-16(20,21)7-9/h8-9H,2-7H2,1H3,(H,27,28,29,30)/t8-/m0/s1. The number of Topliss-reactive ketones (excluding diaryl/α,β-unsaturated/α-hetero) is 1. The van der Waals surface area contributed by atoms with E-state index in [0.29, 0.717) is 0 Å². The van der Waals surface area contributed by atoms with E-state index in [1.165, 1.54) is 0 Å². The van der Waals surface area contributed by atoms with Crippen molar-refractivity contribution in [3.05, 3.63) is 17.5 Å². The van der Waals surface area contributed by atoms with Crippen molar-refractivity contribution >= 4 is 17.3 Å². The first-order valence-corrected chi connectivity index (χ1v) is 9.45. The lowest BCUT2D eigenvalue weighted by Gasteiger charge is -2.35. The molecule has 13 heteroatoms. The molecule has 3 rings (SSSR count). The minimum absolute atomic E-state index is 0.209. The average molecular weight is 458 g/mol. The molecule has 1 aromatic heterocycles. The molecule has 0 aliphatic heterocycles. The molecule has 0 spiro atoms. The van der Waals surface area contributed by atoms with Gasteiger partial charge in [-0.2, -0.15) is 31.9 Å². The molecular formula is C18H18F8N4O. The monoisotopic (exact) mass is 458 g/mol. The van der Waals surface area contributed by atoms with Gasteiger partial charge in [0.2, 0.25) is 5.95 Å². The summed E-state index contributed by atoms with van der Waals surface area (Å²) in [6.45, 7) is 0.946. The minimum atomic E-state index is -4.47. The number of rotatable bonds is 6. The molecule has 1 N–H and O–H groups in total. The molecule has 0 amide bonds. The van der Waals surface area contributed by atoms with Crippen LogP contribution in [0, 0.1) is 5.92 Å². The van der Waals surface area contributed by atoms with Crippen LogP contribution in [0.1, 0.15) is 50.7 Å². The summed E-state index contributed by atoms with van der Waals surface area (Å²) in [6.07, 6.45) is -7.85. The molecule has 2 aliphatic carbocycles. The second-order valence-electron chi connectivity index (χ2n) is 7.81. The van der Waals surface area contributed by atoms with Crippen LogP contribution in [0.15, 0.2) is 5.83 Å². The van der Waals surface area contributed by atoms with E-state index in [2.05, 4.69) is 20.3 Å². The van der Waals surface area contributed by atoms with Crippen LogP contribution >= 0.6 is 0 Å². The van der Waals surface area contributed by atoms with E-state index in [1.54, 1.807) is 0 Å². The van der Waals surface area contributed by atoms with Gasteiger partial charge in [-0.05, 0) is 12.8 Å². The van der Waals surface area contributed by atoms with Gasteiger partial charge in [-0.3, -0.25) is 4.79 Å². The van der Waals surface area contributed by atoms with Gasteiger partial charge in [0, 0.05) is 37.3 Å². The largest absolute Gasteiger partial charge is 0.391 e. The van der Waals surface area contributed by atoms with Gasteiger partial charge in [0.15, 0.2) is 11.7 Å². The Morgan fingerprint density at radius 1 is 1.13 bits per heavy atom. The first-order chi connectivity index (χ1) is 14.2. The number of halogens is 8. The highest BCUT2D eigenvalue weighted by Crippen LogP contribution is 2.40. The Bertz CT molecular complexity index is 891. The van der Waals surface area contributed by atoms with Gasteiger partial charge >= 0.3 is 12.1 Å². The van der Waals surface area contributed by atoms with Gasteiger partial charge < -0.3 is 5.32 Å². The maximum atomic E-state index is 14.3. The first kappa shape index (κ1) is 23.3. The highest BCUT2D eigenvalue weighted by Gasteiger charge is 2.47. The number of hydrogen-bond acceptors (Lipinski definition) is 5. The number of aromatic nitrogens is 3. The van der Waals surface area contributed by atoms with Crippen LogP contribution in [-0.2, 0) is 11.2 Å². The Morgan fingerprint density at radius 3 is 2.35 bits per heavy atom. The molecule has 172 valence electrons. The van der Waals surface area contributed by atoms with Gasteiger partial charge in [0.25, 0.3) is 11.7 Å². The van der Waals surface area contributed by atoms with Gasteiger partial charge in [-0.25, -0.2) is 18.2 Å². The Morgan fingerprint density at radius 2 is 1.77 bits per heavy atom. The summed E-state index contributed by atoms with van der Waals surface area (Å²) in [5.41, 5.74) is -0.523. The normalized spacial score (nSPS) is 22.3. The van der Waals surface area contributed by atoms with Gasteiger partial charge in [0.1, 0.15) is 5.82 Å². The van der Waals surface area contributed by atoms with Gasteiger partial charge in [-0.1, -0.05) is 6.92 Å². The van der Waals surface area contributed by atoms with Crippen LogP contribution < -0.4 is 5.32 Å². The van der Waals surface area contributed by atoms with Crippen molar-refractivity contribution in [2.24, 2.45) is 5.92 Å². The van der Waals surface area contributed by atoms with Crippen LogP contribution in [0.2, 0.25) is 0 Å². The number of anilines is 1. The fourth-order valence-corrected chi connectivity index (χ4v) is 3.20. The summed E-state index contributed by atoms with van der Waals surface area (Å²) < 4.78 is 106. The smallest absolute Gasteiger partial charge is 0.351 e. The van der Waals surface area contributed by atoms with E-state index in [9.17, 15) is 39.9 Å². The topological polar surface area (TPSA) is 67.8 Å². The number of ketones is 1. The Hall–Kier alpha value is -2.34. The maximum Gasteiger partial charge on any atom is 0.391 e. The van der Waals surface area contributed by atoms with Crippen molar-refractivity contribution in [2.75, 3.05) is 5.32 Å². The highest BCUT2D eigenvalue weighted by atomic mass is 19.4. The zero-order valence-electron chi connectivity index (χ0n) is 16.2. The molecule has 1 heterocycles. The fourth-order valence-electron chi connectivity index (χ4n) is 3.20. The van der Waals surface area contributed by atoms with Crippen LogP contribution in [0.4, 0.5) is 41.1 Å². The van der Waals surface area contributed by atoms with Crippen LogP contribution in [0.5, 0.6) is 0 Å². The molecule has 0 bridgehead atoms. The molecule has 31 heavy (non-hydrogen) atoms. The number of alkyl halides is 7. The quantitative estimate of drug-likeness (QED) is 0.615. The third-order valence-corrected chi connectivity index (χ3v) is 5.22. The number of carbonyl (C=O) groups excluding carboxylic acids is 1. The molecule has 1 fully saturated rings. The molecule has 1 atom stereocenters. The average Bonchev–Trinajstić information content (AvgIpc) is 2.62. The lowest BCUT2D eigenvalue weighted by atomic mass is 9.88. The number of aryl methyl sites for hydroxylation is 1. The molecule has 5 nitrogen and oxygen atoms in total. The van der Waals surface area contributed by atoms with Crippen molar-refractivity contribution in [3.63, 3.8) is 0 Å². The summed E-state index contributed by atoms with van der Waals surface area (Å²) in [5.74, 6) is -13.2. The molecule has 2 aliphatic rings. The molecule has 0 aromatic carbocycles. The lowest BCUT2D eigenvalue weighted by molar-refractivity contribution is -0.171.